The molecule has 0 saturated heterocycles. The normalized spacial score (nSPS) is 22.3. The topological polar surface area (TPSA) is 101 Å². The molecule has 6 aromatic rings. The zero-order valence-corrected chi connectivity index (χ0v) is 26.2. The van der Waals surface area contributed by atoms with Gasteiger partial charge < -0.3 is 5.11 Å². The van der Waals surface area contributed by atoms with Crippen molar-refractivity contribution >= 4 is 28.5 Å². The largest absolute Gasteiger partial charge is 0.389 e. The summed E-state index contributed by atoms with van der Waals surface area (Å²) in [5.74, 6) is -0.165. The van der Waals surface area contributed by atoms with E-state index in [1.54, 1.807) is 24.3 Å². The Bertz CT molecular complexity index is 2210. The number of imide groups is 1. The van der Waals surface area contributed by atoms with Crippen LogP contribution in [0.3, 0.4) is 0 Å². The zero-order chi connectivity index (χ0) is 32.1. The van der Waals surface area contributed by atoms with Crippen molar-refractivity contribution in [1.82, 2.24) is 24.5 Å². The molecular weight excluding hydrogens is 586 g/mol. The van der Waals surface area contributed by atoms with Gasteiger partial charge in [-0.15, -0.1) is 0 Å². The van der Waals surface area contributed by atoms with Gasteiger partial charge in [-0.25, -0.2) is 9.97 Å². The Balaban J connectivity index is 1.18. The zero-order valence-electron chi connectivity index (χ0n) is 26.2. The molecule has 2 fully saturated rings. The smallest absolute Gasteiger partial charge is 0.262 e. The lowest BCUT2D eigenvalue weighted by molar-refractivity contribution is -0.156. The average Bonchev–Trinajstić information content (AvgIpc) is 3.79. The number of hydrogen-bond donors (Lipinski definition) is 1. The molecule has 2 amide bonds. The first kappa shape index (κ1) is 28.0. The first-order valence-electron chi connectivity index (χ1n) is 16.3. The molecule has 4 heterocycles. The molecular formula is C39H33N5O3. The van der Waals surface area contributed by atoms with Crippen LogP contribution in [0.15, 0.2) is 97.2 Å². The van der Waals surface area contributed by atoms with Gasteiger partial charge in [0.25, 0.3) is 11.8 Å². The van der Waals surface area contributed by atoms with E-state index in [0.717, 1.165) is 63.2 Å². The fourth-order valence-corrected chi connectivity index (χ4v) is 7.57. The lowest BCUT2D eigenvalue weighted by Crippen LogP contribution is -2.66. The maximum atomic E-state index is 13.8. The Hall–Kier alpha value is -5.21. The van der Waals surface area contributed by atoms with Crippen LogP contribution in [-0.2, 0) is 5.54 Å². The van der Waals surface area contributed by atoms with Crippen molar-refractivity contribution in [1.29, 1.82) is 0 Å². The van der Waals surface area contributed by atoms with Gasteiger partial charge in [0.1, 0.15) is 0 Å². The number of amides is 2. The van der Waals surface area contributed by atoms with E-state index in [-0.39, 0.29) is 30.6 Å². The van der Waals surface area contributed by atoms with E-state index in [1.165, 1.54) is 4.90 Å². The van der Waals surface area contributed by atoms with Crippen molar-refractivity contribution in [3.8, 4) is 22.4 Å². The van der Waals surface area contributed by atoms with E-state index in [2.05, 4.69) is 24.3 Å². The summed E-state index contributed by atoms with van der Waals surface area (Å²) in [5, 5.41) is 17.3. The van der Waals surface area contributed by atoms with Crippen LogP contribution in [0.4, 0.5) is 0 Å². The number of hydrogen-bond acceptors (Lipinski definition) is 6. The first-order chi connectivity index (χ1) is 22.8. The van der Waals surface area contributed by atoms with Crippen LogP contribution in [0.25, 0.3) is 39.1 Å². The molecule has 0 unspecified atom stereocenters. The van der Waals surface area contributed by atoms with Gasteiger partial charge >= 0.3 is 0 Å². The quantitative estimate of drug-likeness (QED) is 0.199. The summed E-state index contributed by atoms with van der Waals surface area (Å²) in [6, 6.07) is 29.3. The predicted octanol–water partition coefficient (Wildman–Crippen LogP) is 7.16. The summed E-state index contributed by atoms with van der Waals surface area (Å²) < 4.78 is 1.86. The van der Waals surface area contributed by atoms with Gasteiger partial charge in [-0.1, -0.05) is 80.6 Å². The summed E-state index contributed by atoms with van der Waals surface area (Å²) in [5.41, 5.74) is 5.95. The Kier molecular flexibility index (Phi) is 5.90. The number of benzene rings is 3. The molecule has 3 aromatic carbocycles. The molecule has 9 rings (SSSR count). The second kappa shape index (κ2) is 9.89. The van der Waals surface area contributed by atoms with E-state index in [9.17, 15) is 14.7 Å². The van der Waals surface area contributed by atoms with Crippen LogP contribution in [0.2, 0.25) is 0 Å². The number of carbonyl (C=O) groups excluding carboxylic acids is 2. The molecule has 3 aliphatic rings. The van der Waals surface area contributed by atoms with Crippen molar-refractivity contribution < 1.29 is 14.7 Å². The van der Waals surface area contributed by atoms with E-state index < -0.39 is 11.1 Å². The number of aromatic nitrogens is 4. The third kappa shape index (κ3) is 4.14. The van der Waals surface area contributed by atoms with Crippen molar-refractivity contribution in [3.63, 3.8) is 0 Å². The molecule has 0 atom stereocenters. The minimum Gasteiger partial charge on any atom is -0.389 e. The standard InChI is InChI=1S/C39H33N5O3/c1-23(2)39(47)21-38(22-39,43-36(45)29-10-6-7-11-30(29)37(43)46)28-16-14-26(15-17-28)34-31(24-8-4-3-5-9-24)18-27-20-40-33-19-32(25-12-13-25)42-44(33)35(27)41-34/h3-11,14-20,23,25,47H,12-13,21-22H2,1-2H3/t38-,39-. The highest BCUT2D eigenvalue weighted by molar-refractivity contribution is 6.22. The molecule has 1 aliphatic heterocycles. The van der Waals surface area contributed by atoms with Crippen molar-refractivity contribution in [3.05, 3.63) is 120 Å². The second-order valence-corrected chi connectivity index (χ2v) is 13.7. The number of fused-ring (bicyclic) bond motifs is 4. The van der Waals surface area contributed by atoms with Gasteiger partial charge in [0, 0.05) is 47.5 Å². The second-order valence-electron chi connectivity index (χ2n) is 13.7. The van der Waals surface area contributed by atoms with Crippen molar-refractivity contribution in [2.24, 2.45) is 5.92 Å². The van der Waals surface area contributed by atoms with Crippen LogP contribution in [0.1, 0.15) is 77.4 Å². The van der Waals surface area contributed by atoms with Crippen LogP contribution >= 0.6 is 0 Å². The van der Waals surface area contributed by atoms with Crippen LogP contribution in [0, 0.1) is 5.92 Å². The molecule has 0 bridgehead atoms. The Morgan fingerprint density at radius 3 is 2.11 bits per heavy atom. The molecule has 232 valence electrons. The molecule has 8 heteroatoms. The summed E-state index contributed by atoms with van der Waals surface area (Å²) >= 11 is 0. The fraction of sp³-hybridized carbons (Fsp3) is 0.256. The fourth-order valence-electron chi connectivity index (χ4n) is 7.57. The molecule has 0 radical (unpaired) electrons. The monoisotopic (exact) mass is 619 g/mol. The highest BCUT2D eigenvalue weighted by Gasteiger charge is 2.63. The lowest BCUT2D eigenvalue weighted by atomic mass is 9.57. The number of pyridine rings is 1. The molecule has 3 aromatic heterocycles. The highest BCUT2D eigenvalue weighted by atomic mass is 16.3. The molecule has 47 heavy (non-hydrogen) atoms. The molecule has 0 spiro atoms. The van der Waals surface area contributed by atoms with Crippen LogP contribution in [0.5, 0.6) is 0 Å². The number of rotatable bonds is 6. The molecule has 1 N–H and O–H groups in total. The van der Waals surface area contributed by atoms with Crippen molar-refractivity contribution in [2.75, 3.05) is 0 Å². The minimum atomic E-state index is -0.989. The van der Waals surface area contributed by atoms with E-state index >= 15 is 0 Å². The third-order valence-corrected chi connectivity index (χ3v) is 10.5. The predicted molar refractivity (Wildman–Crippen MR) is 179 cm³/mol. The lowest BCUT2D eigenvalue weighted by Gasteiger charge is -2.58. The summed E-state index contributed by atoms with van der Waals surface area (Å²) in [4.78, 5) is 38.9. The minimum absolute atomic E-state index is 0.0330. The molecule has 8 nitrogen and oxygen atoms in total. The maximum Gasteiger partial charge on any atom is 0.262 e. The molecule has 2 saturated carbocycles. The summed E-state index contributed by atoms with van der Waals surface area (Å²) in [7, 11) is 0. The maximum absolute atomic E-state index is 13.8. The summed E-state index contributed by atoms with van der Waals surface area (Å²) in [6.07, 6.45) is 4.73. The van der Waals surface area contributed by atoms with Gasteiger partial charge in [-0.2, -0.15) is 9.61 Å². The van der Waals surface area contributed by atoms with Crippen LogP contribution in [-0.4, -0.2) is 47.0 Å². The van der Waals surface area contributed by atoms with Gasteiger partial charge in [0.15, 0.2) is 11.3 Å². The van der Waals surface area contributed by atoms with E-state index in [0.29, 0.717) is 17.0 Å². The Morgan fingerprint density at radius 2 is 1.47 bits per heavy atom. The van der Waals surface area contributed by atoms with E-state index in [1.807, 2.05) is 67.0 Å². The number of aliphatic hydroxyl groups is 1. The van der Waals surface area contributed by atoms with Gasteiger partial charge in [-0.3, -0.25) is 14.5 Å². The SMILES string of the molecule is CC(C)[C@]1(O)C[C@](c2ccc(-c3nc4c(cnc5cc(C6CC6)nn54)cc3-c3ccccc3)cc2)(N2C(=O)c3ccccc3C2=O)C1. The first-order valence-corrected chi connectivity index (χ1v) is 16.3. The van der Waals surface area contributed by atoms with Crippen LogP contribution < -0.4 is 0 Å². The number of carbonyl (C=O) groups is 2. The Labute approximate surface area is 271 Å². The van der Waals surface area contributed by atoms with Gasteiger partial charge in [0.05, 0.1) is 33.7 Å². The van der Waals surface area contributed by atoms with Gasteiger partial charge in [-0.05, 0) is 48.1 Å². The number of nitrogens with zero attached hydrogens (tertiary/aromatic N) is 5. The van der Waals surface area contributed by atoms with Crippen molar-refractivity contribution in [2.45, 2.75) is 56.6 Å². The average molecular weight is 620 g/mol. The summed E-state index contributed by atoms with van der Waals surface area (Å²) in [6.45, 7) is 3.96. The molecule has 2 aliphatic carbocycles. The Morgan fingerprint density at radius 1 is 0.809 bits per heavy atom. The highest BCUT2D eigenvalue weighted by Crippen LogP contribution is 2.57. The van der Waals surface area contributed by atoms with Gasteiger partial charge in [0.2, 0.25) is 0 Å². The third-order valence-electron chi connectivity index (χ3n) is 10.5. The van der Waals surface area contributed by atoms with E-state index in [4.69, 9.17) is 15.1 Å².